The van der Waals surface area contributed by atoms with Gasteiger partial charge in [0.25, 0.3) is 10.0 Å². The summed E-state index contributed by atoms with van der Waals surface area (Å²) in [5.74, 6) is -0.0723. The smallest absolute Gasteiger partial charge is 0.264 e. The van der Waals surface area contributed by atoms with E-state index in [1.54, 1.807) is 30.3 Å². The van der Waals surface area contributed by atoms with Gasteiger partial charge >= 0.3 is 0 Å². The summed E-state index contributed by atoms with van der Waals surface area (Å²) in [7, 11) is -1.26. The van der Waals surface area contributed by atoms with Gasteiger partial charge in [-0.15, -0.1) is 0 Å². The highest BCUT2D eigenvalue weighted by molar-refractivity contribution is 7.92. The molecular formula is C32H41N3O6S. The van der Waals surface area contributed by atoms with Gasteiger partial charge in [0, 0.05) is 18.7 Å². The number of amides is 2. The standard InChI is InChI=1S/C32H41N3O6S/c1-7-24(4)33-32(37)28(8-2)34(21-25-16-14-23(3)15-17-25)31(36)22-35(42(38,39)27-12-10-9-11-13-27)26-18-19-29(40-5)30(20-26)41-6/h9-20,24,28H,7-8,21-22H2,1-6H3,(H,33,37)/t24-,28-/m0/s1. The highest BCUT2D eigenvalue weighted by Gasteiger charge is 2.34. The summed E-state index contributed by atoms with van der Waals surface area (Å²) in [6, 6.07) is 19.4. The van der Waals surface area contributed by atoms with Crippen molar-refractivity contribution in [3.05, 3.63) is 83.9 Å². The first-order valence-electron chi connectivity index (χ1n) is 14.0. The molecule has 0 heterocycles. The van der Waals surface area contributed by atoms with Crippen LogP contribution in [0.3, 0.4) is 0 Å². The van der Waals surface area contributed by atoms with Crippen molar-refractivity contribution >= 4 is 27.5 Å². The molecule has 2 amide bonds. The fourth-order valence-electron chi connectivity index (χ4n) is 4.48. The van der Waals surface area contributed by atoms with Gasteiger partial charge in [-0.05, 0) is 56.5 Å². The number of nitrogens with one attached hydrogen (secondary N) is 1. The molecule has 0 aliphatic rings. The molecule has 9 nitrogen and oxygen atoms in total. The number of hydrogen-bond donors (Lipinski definition) is 1. The molecule has 0 saturated heterocycles. The Morgan fingerprint density at radius 1 is 0.881 bits per heavy atom. The van der Waals surface area contributed by atoms with Crippen molar-refractivity contribution in [1.29, 1.82) is 0 Å². The van der Waals surface area contributed by atoms with Crippen LogP contribution < -0.4 is 19.1 Å². The number of carbonyl (C=O) groups excluding carboxylic acids is 2. The SMILES string of the molecule is CC[C@H](C)NC(=O)[C@H](CC)N(Cc1ccc(C)cc1)C(=O)CN(c1ccc(OC)c(OC)c1)S(=O)(=O)c1ccccc1. The lowest BCUT2D eigenvalue weighted by Crippen LogP contribution is -2.53. The van der Waals surface area contributed by atoms with Crippen LogP contribution in [0.25, 0.3) is 0 Å². The lowest BCUT2D eigenvalue weighted by atomic mass is 10.1. The van der Waals surface area contributed by atoms with Gasteiger partial charge in [0.05, 0.1) is 24.8 Å². The van der Waals surface area contributed by atoms with Crippen LogP contribution in [0.5, 0.6) is 11.5 Å². The Balaban J connectivity index is 2.10. The Hall–Kier alpha value is -4.05. The van der Waals surface area contributed by atoms with Crippen LogP contribution in [0.2, 0.25) is 0 Å². The van der Waals surface area contributed by atoms with Crippen molar-refractivity contribution in [2.45, 2.75) is 64.1 Å². The van der Waals surface area contributed by atoms with Gasteiger partial charge in [-0.25, -0.2) is 8.42 Å². The molecule has 226 valence electrons. The minimum Gasteiger partial charge on any atom is -0.493 e. The largest absolute Gasteiger partial charge is 0.493 e. The number of ether oxygens (including phenoxy) is 2. The first kappa shape index (κ1) is 32.5. The molecule has 0 aliphatic heterocycles. The summed E-state index contributed by atoms with van der Waals surface area (Å²) >= 11 is 0. The maximum Gasteiger partial charge on any atom is 0.264 e. The van der Waals surface area contributed by atoms with E-state index in [2.05, 4.69) is 5.32 Å². The molecule has 10 heteroatoms. The molecule has 0 spiro atoms. The second-order valence-corrected chi connectivity index (χ2v) is 12.0. The number of aryl methyl sites for hydroxylation is 1. The van der Waals surface area contributed by atoms with Gasteiger partial charge in [0.1, 0.15) is 12.6 Å². The molecule has 2 atom stereocenters. The van der Waals surface area contributed by atoms with Gasteiger partial charge in [-0.3, -0.25) is 13.9 Å². The van der Waals surface area contributed by atoms with Crippen molar-refractivity contribution in [3.63, 3.8) is 0 Å². The normalized spacial score (nSPS) is 12.6. The summed E-state index contributed by atoms with van der Waals surface area (Å²) < 4.78 is 39.8. The van der Waals surface area contributed by atoms with E-state index in [1.807, 2.05) is 52.0 Å². The van der Waals surface area contributed by atoms with Crippen LogP contribution >= 0.6 is 0 Å². The van der Waals surface area contributed by atoms with Crippen molar-refractivity contribution in [3.8, 4) is 11.5 Å². The number of anilines is 1. The minimum atomic E-state index is -4.19. The van der Waals surface area contributed by atoms with Gasteiger partial charge in [-0.2, -0.15) is 0 Å². The number of rotatable bonds is 14. The van der Waals surface area contributed by atoms with E-state index in [0.717, 1.165) is 21.9 Å². The minimum absolute atomic E-state index is 0.0271. The van der Waals surface area contributed by atoms with Gasteiger partial charge in [-0.1, -0.05) is 61.9 Å². The summed E-state index contributed by atoms with van der Waals surface area (Å²) in [4.78, 5) is 29.1. The van der Waals surface area contributed by atoms with Crippen LogP contribution in [-0.4, -0.2) is 58.0 Å². The lowest BCUT2D eigenvalue weighted by Gasteiger charge is -2.34. The van der Waals surface area contributed by atoms with Crippen molar-refractivity contribution < 1.29 is 27.5 Å². The van der Waals surface area contributed by atoms with E-state index >= 15 is 0 Å². The number of hydrogen-bond acceptors (Lipinski definition) is 6. The number of benzene rings is 3. The molecule has 0 fully saturated rings. The third-order valence-electron chi connectivity index (χ3n) is 7.13. The van der Waals surface area contributed by atoms with E-state index in [-0.39, 0.29) is 29.1 Å². The summed E-state index contributed by atoms with van der Waals surface area (Å²) in [5.41, 5.74) is 2.11. The zero-order chi connectivity index (χ0) is 30.9. The van der Waals surface area contributed by atoms with Gasteiger partial charge in [0.2, 0.25) is 11.8 Å². The van der Waals surface area contributed by atoms with Crippen LogP contribution in [-0.2, 0) is 26.2 Å². The second kappa shape index (κ2) is 14.7. The average Bonchev–Trinajstić information content (AvgIpc) is 3.00. The number of sulfonamides is 1. The third-order valence-corrected chi connectivity index (χ3v) is 8.91. The van der Waals surface area contributed by atoms with Crippen LogP contribution in [0.15, 0.2) is 77.7 Å². The van der Waals surface area contributed by atoms with E-state index in [0.29, 0.717) is 17.9 Å². The maximum atomic E-state index is 14.2. The zero-order valence-electron chi connectivity index (χ0n) is 25.2. The quantitative estimate of drug-likeness (QED) is 0.283. The predicted octanol–water partition coefficient (Wildman–Crippen LogP) is 4.93. The molecular weight excluding hydrogens is 554 g/mol. The Labute approximate surface area is 249 Å². The molecule has 0 radical (unpaired) electrons. The highest BCUT2D eigenvalue weighted by Crippen LogP contribution is 2.34. The van der Waals surface area contributed by atoms with Crippen LogP contribution in [0, 0.1) is 6.92 Å². The van der Waals surface area contributed by atoms with Crippen molar-refractivity contribution in [2.24, 2.45) is 0 Å². The topological polar surface area (TPSA) is 105 Å². The first-order valence-corrected chi connectivity index (χ1v) is 15.4. The molecule has 3 aromatic carbocycles. The van der Waals surface area contributed by atoms with E-state index in [9.17, 15) is 18.0 Å². The highest BCUT2D eigenvalue weighted by atomic mass is 32.2. The molecule has 0 unspecified atom stereocenters. The molecule has 3 aromatic rings. The average molecular weight is 596 g/mol. The molecule has 42 heavy (non-hydrogen) atoms. The zero-order valence-corrected chi connectivity index (χ0v) is 26.0. The molecule has 1 N–H and O–H groups in total. The maximum absolute atomic E-state index is 14.2. The Morgan fingerprint density at radius 2 is 1.52 bits per heavy atom. The Bertz CT molecular complexity index is 1440. The summed E-state index contributed by atoms with van der Waals surface area (Å²) in [5, 5.41) is 2.98. The van der Waals surface area contributed by atoms with E-state index < -0.39 is 28.5 Å². The Morgan fingerprint density at radius 3 is 2.10 bits per heavy atom. The number of nitrogens with zero attached hydrogens (tertiary/aromatic N) is 2. The van der Waals surface area contributed by atoms with Crippen molar-refractivity contribution in [2.75, 3.05) is 25.1 Å². The Kier molecular flexibility index (Phi) is 11.4. The molecule has 3 rings (SSSR count). The van der Waals surface area contributed by atoms with Crippen LogP contribution in [0.4, 0.5) is 5.69 Å². The predicted molar refractivity (Wildman–Crippen MR) is 164 cm³/mol. The van der Waals surface area contributed by atoms with Gasteiger partial charge < -0.3 is 19.7 Å². The number of methoxy groups -OCH3 is 2. The fourth-order valence-corrected chi connectivity index (χ4v) is 5.91. The molecule has 0 aromatic heterocycles. The molecule has 0 bridgehead atoms. The molecule has 0 aliphatic carbocycles. The fraction of sp³-hybridized carbons (Fsp3) is 0.375. The van der Waals surface area contributed by atoms with Gasteiger partial charge in [0.15, 0.2) is 11.5 Å². The lowest BCUT2D eigenvalue weighted by molar-refractivity contribution is -0.140. The summed E-state index contributed by atoms with van der Waals surface area (Å²) in [6.45, 7) is 7.28. The summed E-state index contributed by atoms with van der Waals surface area (Å²) in [6.07, 6.45) is 1.08. The van der Waals surface area contributed by atoms with E-state index in [1.165, 1.54) is 37.3 Å². The third kappa shape index (κ3) is 7.82. The molecule has 0 saturated carbocycles. The van der Waals surface area contributed by atoms with Crippen molar-refractivity contribution in [1.82, 2.24) is 10.2 Å². The monoisotopic (exact) mass is 595 g/mol. The van der Waals surface area contributed by atoms with E-state index in [4.69, 9.17) is 9.47 Å². The van der Waals surface area contributed by atoms with Crippen LogP contribution in [0.1, 0.15) is 44.7 Å². The number of carbonyl (C=O) groups is 2. The first-order chi connectivity index (χ1) is 20.0. The second-order valence-electron chi connectivity index (χ2n) is 10.1.